The zero-order valence-electron chi connectivity index (χ0n) is 13.9. The Morgan fingerprint density at radius 3 is 2.38 bits per heavy atom. The molecule has 0 aliphatic carbocycles. The van der Waals surface area contributed by atoms with Crippen LogP contribution in [0.3, 0.4) is 0 Å². The Balaban J connectivity index is 1.88. The molecule has 0 bridgehead atoms. The van der Waals surface area contributed by atoms with E-state index in [2.05, 4.69) is 20.3 Å². The Morgan fingerprint density at radius 2 is 1.65 bits per heavy atom. The molecule has 0 atom stereocenters. The summed E-state index contributed by atoms with van der Waals surface area (Å²) in [5.41, 5.74) is 2.54. The maximum Gasteiger partial charge on any atom is 0.162 e. The lowest BCUT2D eigenvalue weighted by molar-refractivity contribution is 0.585. The highest BCUT2D eigenvalue weighted by Crippen LogP contribution is 2.30. The number of halogens is 2. The minimum atomic E-state index is -0.607. The molecule has 26 heavy (non-hydrogen) atoms. The first-order valence-corrected chi connectivity index (χ1v) is 8.01. The van der Waals surface area contributed by atoms with Crippen LogP contribution in [-0.2, 0) is 0 Å². The molecule has 4 rings (SSSR count). The van der Waals surface area contributed by atoms with E-state index in [0.717, 1.165) is 22.5 Å². The fraction of sp³-hybridized carbons (Fsp3) is 0.0500. The molecule has 0 saturated carbocycles. The molecule has 0 aliphatic heterocycles. The van der Waals surface area contributed by atoms with E-state index in [4.69, 9.17) is 0 Å². The fourth-order valence-corrected chi connectivity index (χ4v) is 2.84. The van der Waals surface area contributed by atoms with Crippen LogP contribution < -0.4 is 5.32 Å². The van der Waals surface area contributed by atoms with E-state index >= 15 is 0 Å². The second-order valence-corrected chi connectivity index (χ2v) is 5.74. The van der Waals surface area contributed by atoms with Crippen molar-refractivity contribution in [1.29, 1.82) is 0 Å². The van der Waals surface area contributed by atoms with Crippen LogP contribution in [0.1, 0.15) is 0 Å². The summed E-state index contributed by atoms with van der Waals surface area (Å²) in [6, 6.07) is 12.6. The number of hydrogen-bond donors (Lipinski definition) is 1. The average molecular weight is 348 g/mol. The molecule has 1 N–H and O–H groups in total. The monoisotopic (exact) mass is 348 g/mol. The predicted molar refractivity (Wildman–Crippen MR) is 97.7 cm³/mol. The van der Waals surface area contributed by atoms with Crippen molar-refractivity contribution in [2.75, 3.05) is 12.4 Å². The normalized spacial score (nSPS) is 10.9. The van der Waals surface area contributed by atoms with Crippen molar-refractivity contribution < 1.29 is 8.78 Å². The van der Waals surface area contributed by atoms with Crippen molar-refractivity contribution in [2.45, 2.75) is 0 Å². The van der Waals surface area contributed by atoms with Gasteiger partial charge in [-0.1, -0.05) is 6.07 Å². The Kier molecular flexibility index (Phi) is 4.01. The lowest BCUT2D eigenvalue weighted by atomic mass is 10.0. The van der Waals surface area contributed by atoms with Crippen LogP contribution in [0.25, 0.3) is 33.4 Å². The molecular weight excluding hydrogens is 334 g/mol. The first-order valence-electron chi connectivity index (χ1n) is 8.01. The molecule has 2 heterocycles. The van der Waals surface area contributed by atoms with Crippen LogP contribution in [0.5, 0.6) is 0 Å². The Morgan fingerprint density at radius 1 is 0.846 bits per heavy atom. The summed E-state index contributed by atoms with van der Waals surface area (Å²) in [7, 11) is 1.77. The quantitative estimate of drug-likeness (QED) is 0.584. The summed E-state index contributed by atoms with van der Waals surface area (Å²) < 4.78 is 27.3. The van der Waals surface area contributed by atoms with Crippen LogP contribution in [0, 0.1) is 11.6 Å². The molecule has 0 radical (unpaired) electrons. The van der Waals surface area contributed by atoms with Gasteiger partial charge in [-0.2, -0.15) is 0 Å². The highest BCUT2D eigenvalue weighted by molar-refractivity contribution is 5.93. The molecule has 0 amide bonds. The second kappa shape index (κ2) is 6.48. The molecule has 6 heteroatoms. The molecule has 4 nitrogen and oxygen atoms in total. The summed E-state index contributed by atoms with van der Waals surface area (Å²) in [5.74, 6) is -0.00546. The van der Waals surface area contributed by atoms with E-state index in [1.807, 2.05) is 12.1 Å². The number of nitrogens with zero attached hydrogens (tertiary/aromatic N) is 3. The summed E-state index contributed by atoms with van der Waals surface area (Å²) in [4.78, 5) is 13.2. The van der Waals surface area contributed by atoms with Gasteiger partial charge in [0.15, 0.2) is 5.82 Å². The molecule has 0 fully saturated rings. The number of anilines is 1. The Bertz CT molecular complexity index is 1100. The molecule has 4 aromatic rings. The van der Waals surface area contributed by atoms with Crippen molar-refractivity contribution in [3.05, 3.63) is 72.6 Å². The molecule has 0 saturated heterocycles. The van der Waals surface area contributed by atoms with Gasteiger partial charge in [-0.15, -0.1) is 0 Å². The third kappa shape index (κ3) is 2.86. The van der Waals surface area contributed by atoms with E-state index in [0.29, 0.717) is 22.8 Å². The van der Waals surface area contributed by atoms with Crippen LogP contribution in [0.15, 0.2) is 60.9 Å². The van der Waals surface area contributed by atoms with Gasteiger partial charge in [-0.25, -0.2) is 18.7 Å². The number of benzene rings is 2. The zero-order valence-corrected chi connectivity index (χ0v) is 13.9. The Labute approximate surface area is 148 Å². The van der Waals surface area contributed by atoms with E-state index in [1.165, 1.54) is 12.1 Å². The number of aromatic nitrogens is 3. The van der Waals surface area contributed by atoms with Gasteiger partial charge < -0.3 is 5.32 Å². The van der Waals surface area contributed by atoms with Gasteiger partial charge in [0.1, 0.15) is 17.5 Å². The van der Waals surface area contributed by atoms with Gasteiger partial charge in [-0.05, 0) is 42.0 Å². The van der Waals surface area contributed by atoms with E-state index in [1.54, 1.807) is 37.6 Å². The van der Waals surface area contributed by atoms with Crippen LogP contribution in [0.2, 0.25) is 0 Å². The van der Waals surface area contributed by atoms with Crippen molar-refractivity contribution in [1.82, 2.24) is 15.0 Å². The first-order chi connectivity index (χ1) is 12.7. The minimum Gasteiger partial charge on any atom is -0.373 e. The molecule has 128 valence electrons. The largest absolute Gasteiger partial charge is 0.373 e. The van der Waals surface area contributed by atoms with E-state index in [-0.39, 0.29) is 0 Å². The van der Waals surface area contributed by atoms with Gasteiger partial charge in [0.25, 0.3) is 0 Å². The van der Waals surface area contributed by atoms with Gasteiger partial charge in [0.05, 0.1) is 5.52 Å². The SMILES string of the molecule is CNc1nc(-c2ccncc2)nc2ccc(-c3ccc(F)cc3F)cc12. The third-order valence-corrected chi connectivity index (χ3v) is 4.11. The maximum absolute atomic E-state index is 14.1. The third-order valence-electron chi connectivity index (χ3n) is 4.11. The van der Waals surface area contributed by atoms with Crippen molar-refractivity contribution in [2.24, 2.45) is 0 Å². The van der Waals surface area contributed by atoms with E-state index in [9.17, 15) is 8.78 Å². The highest BCUT2D eigenvalue weighted by Gasteiger charge is 2.12. The smallest absolute Gasteiger partial charge is 0.162 e. The fourth-order valence-electron chi connectivity index (χ4n) is 2.84. The molecule has 2 aromatic heterocycles. The average Bonchev–Trinajstić information content (AvgIpc) is 2.67. The lowest BCUT2D eigenvalue weighted by Gasteiger charge is -2.10. The lowest BCUT2D eigenvalue weighted by Crippen LogP contribution is -1.99. The highest BCUT2D eigenvalue weighted by atomic mass is 19.1. The summed E-state index contributed by atoms with van der Waals surface area (Å²) >= 11 is 0. The maximum atomic E-state index is 14.1. The first kappa shape index (κ1) is 16.1. The van der Waals surface area contributed by atoms with Crippen molar-refractivity contribution in [3.63, 3.8) is 0 Å². The zero-order chi connectivity index (χ0) is 18.1. The van der Waals surface area contributed by atoms with E-state index < -0.39 is 11.6 Å². The van der Waals surface area contributed by atoms with Gasteiger partial charge in [0.2, 0.25) is 0 Å². The standard InChI is InChI=1S/C20H14F2N4/c1-23-20-16-10-13(15-4-3-14(21)11-17(15)22)2-5-18(16)25-19(26-20)12-6-8-24-9-7-12/h2-11H,1H3,(H,23,25,26). The second-order valence-electron chi connectivity index (χ2n) is 5.74. The number of hydrogen-bond acceptors (Lipinski definition) is 4. The molecule has 2 aromatic carbocycles. The number of fused-ring (bicyclic) bond motifs is 1. The Hall–Kier alpha value is -3.41. The summed E-state index contributed by atoms with van der Waals surface area (Å²) in [6.45, 7) is 0. The molecule has 0 unspecified atom stereocenters. The molecular formula is C20H14F2N4. The van der Waals surface area contributed by atoms with Crippen molar-refractivity contribution in [3.8, 4) is 22.5 Å². The minimum absolute atomic E-state index is 0.327. The van der Waals surface area contributed by atoms with Crippen molar-refractivity contribution >= 4 is 16.7 Å². The number of pyridine rings is 1. The number of rotatable bonds is 3. The van der Waals surface area contributed by atoms with Gasteiger partial charge >= 0.3 is 0 Å². The summed E-state index contributed by atoms with van der Waals surface area (Å²) in [5, 5.41) is 3.82. The van der Waals surface area contributed by atoms with Crippen LogP contribution in [0.4, 0.5) is 14.6 Å². The summed E-state index contributed by atoms with van der Waals surface area (Å²) in [6.07, 6.45) is 3.37. The predicted octanol–water partition coefficient (Wildman–Crippen LogP) is 4.68. The van der Waals surface area contributed by atoms with Crippen LogP contribution >= 0.6 is 0 Å². The topological polar surface area (TPSA) is 50.7 Å². The number of nitrogens with one attached hydrogen (secondary N) is 1. The van der Waals surface area contributed by atoms with Gasteiger partial charge in [-0.3, -0.25) is 4.98 Å². The molecule has 0 spiro atoms. The van der Waals surface area contributed by atoms with Gasteiger partial charge in [0, 0.05) is 42.0 Å². The van der Waals surface area contributed by atoms with Crippen LogP contribution in [-0.4, -0.2) is 22.0 Å². The molecule has 0 aliphatic rings.